The molecule has 84 valence electrons. The fraction of sp³-hybridized carbons (Fsp3) is 0.400. The van der Waals surface area contributed by atoms with Crippen LogP contribution in [0.2, 0.25) is 5.02 Å². The van der Waals surface area contributed by atoms with E-state index in [4.69, 9.17) is 17.3 Å². The van der Waals surface area contributed by atoms with E-state index in [0.29, 0.717) is 17.0 Å². The lowest BCUT2D eigenvalue weighted by molar-refractivity contribution is -0.137. The molecule has 1 rings (SSSR count). The van der Waals surface area contributed by atoms with Gasteiger partial charge in [0.25, 0.3) is 0 Å². The van der Waals surface area contributed by atoms with Gasteiger partial charge in [0, 0.05) is 11.1 Å². The smallest absolute Gasteiger partial charge is 0.328 e. The Hall–Kier alpha value is -0.740. The maximum Gasteiger partial charge on any atom is 0.416 e. The average Bonchev–Trinajstić information content (AvgIpc) is 2.06. The molecule has 0 radical (unpaired) electrons. The third-order valence-electron chi connectivity index (χ3n) is 1.91. The van der Waals surface area contributed by atoms with Crippen molar-refractivity contribution in [3.8, 4) is 0 Å². The Kier molecular flexibility index (Phi) is 3.62. The molecule has 0 aromatic heterocycles. The maximum absolute atomic E-state index is 12.4. The third-order valence-corrected chi connectivity index (χ3v) is 2.28. The molecule has 0 aliphatic rings. The van der Waals surface area contributed by atoms with Crippen LogP contribution in [0.4, 0.5) is 13.2 Å². The van der Waals surface area contributed by atoms with Crippen LogP contribution >= 0.6 is 11.6 Å². The normalized spacial score (nSPS) is 14.0. The number of hydrogen-bond acceptors (Lipinski definition) is 1. The van der Waals surface area contributed by atoms with Gasteiger partial charge < -0.3 is 5.73 Å². The lowest BCUT2D eigenvalue weighted by Crippen LogP contribution is -2.18. The summed E-state index contributed by atoms with van der Waals surface area (Å²) in [5, 5.41) is 0.320. The summed E-state index contributed by atoms with van der Waals surface area (Å²) < 4.78 is 37.1. The Balaban J connectivity index is 3.06. The van der Waals surface area contributed by atoms with Gasteiger partial charge >= 0.3 is 6.18 Å². The first kappa shape index (κ1) is 12.3. The molecule has 0 aliphatic carbocycles. The number of nitrogens with two attached hydrogens (primary N) is 1. The van der Waals surface area contributed by atoms with Crippen molar-refractivity contribution in [2.24, 2.45) is 5.73 Å². The minimum absolute atomic E-state index is 0.217. The third kappa shape index (κ3) is 3.39. The van der Waals surface area contributed by atoms with Crippen LogP contribution in [0.3, 0.4) is 0 Å². The zero-order chi connectivity index (χ0) is 11.6. The summed E-state index contributed by atoms with van der Waals surface area (Å²) in [6, 6.07) is 3.05. The van der Waals surface area contributed by atoms with Gasteiger partial charge in [-0.25, -0.2) is 0 Å². The van der Waals surface area contributed by atoms with Crippen LogP contribution in [0, 0.1) is 0 Å². The molecule has 1 aromatic rings. The van der Waals surface area contributed by atoms with E-state index >= 15 is 0 Å². The Bertz CT molecular complexity index is 347. The molecule has 0 saturated carbocycles. The minimum atomic E-state index is -4.34. The summed E-state index contributed by atoms with van der Waals surface area (Å²) in [5.41, 5.74) is 5.25. The molecule has 0 fully saturated rings. The van der Waals surface area contributed by atoms with Crippen molar-refractivity contribution < 1.29 is 13.2 Å². The molecule has 0 bridgehead atoms. The summed E-state index contributed by atoms with van der Waals surface area (Å²) in [5.74, 6) is 0. The standard InChI is InChI=1S/C10H11ClF3N/c1-6(15)4-7-5-8(10(12,13)14)2-3-9(7)11/h2-3,5-6H,4,15H2,1H3/t6-/m1/s1. The van der Waals surface area contributed by atoms with Gasteiger partial charge in [0.1, 0.15) is 0 Å². The van der Waals surface area contributed by atoms with Gasteiger partial charge in [0.2, 0.25) is 0 Å². The number of alkyl halides is 3. The van der Waals surface area contributed by atoms with Gasteiger partial charge in [-0.2, -0.15) is 13.2 Å². The quantitative estimate of drug-likeness (QED) is 0.840. The maximum atomic E-state index is 12.4. The van der Waals surface area contributed by atoms with E-state index in [1.165, 1.54) is 6.07 Å². The van der Waals surface area contributed by atoms with Crippen LogP contribution in [0.15, 0.2) is 18.2 Å². The first-order valence-corrected chi connectivity index (χ1v) is 4.79. The zero-order valence-electron chi connectivity index (χ0n) is 8.11. The predicted molar refractivity (Wildman–Crippen MR) is 53.8 cm³/mol. The van der Waals surface area contributed by atoms with Crippen molar-refractivity contribution in [1.29, 1.82) is 0 Å². The molecule has 0 heterocycles. The second-order valence-corrected chi connectivity index (χ2v) is 3.89. The van der Waals surface area contributed by atoms with Crippen LogP contribution in [0.1, 0.15) is 18.1 Å². The van der Waals surface area contributed by atoms with Gasteiger partial charge in [-0.3, -0.25) is 0 Å². The van der Waals surface area contributed by atoms with Gasteiger partial charge in [0.15, 0.2) is 0 Å². The van der Waals surface area contributed by atoms with E-state index in [1.807, 2.05) is 0 Å². The van der Waals surface area contributed by atoms with E-state index in [9.17, 15) is 13.2 Å². The molecule has 0 spiro atoms. The lowest BCUT2D eigenvalue weighted by Gasteiger charge is -2.11. The molecule has 0 unspecified atom stereocenters. The van der Waals surface area contributed by atoms with E-state index in [1.54, 1.807) is 6.92 Å². The SMILES string of the molecule is C[C@@H](N)Cc1cc(C(F)(F)F)ccc1Cl. The van der Waals surface area contributed by atoms with Crippen LogP contribution < -0.4 is 5.73 Å². The number of halogens is 4. The number of hydrogen-bond donors (Lipinski definition) is 1. The highest BCUT2D eigenvalue weighted by atomic mass is 35.5. The summed E-state index contributed by atoms with van der Waals surface area (Å²) in [4.78, 5) is 0. The van der Waals surface area contributed by atoms with Crippen molar-refractivity contribution in [1.82, 2.24) is 0 Å². The molecule has 15 heavy (non-hydrogen) atoms. The highest BCUT2D eigenvalue weighted by molar-refractivity contribution is 6.31. The fourth-order valence-electron chi connectivity index (χ4n) is 1.25. The lowest BCUT2D eigenvalue weighted by atomic mass is 10.0. The van der Waals surface area contributed by atoms with Crippen molar-refractivity contribution in [3.63, 3.8) is 0 Å². The molecule has 5 heteroatoms. The second kappa shape index (κ2) is 4.41. The molecule has 0 amide bonds. The van der Waals surface area contributed by atoms with Gasteiger partial charge in [-0.05, 0) is 37.1 Å². The van der Waals surface area contributed by atoms with Crippen LogP contribution in [0.25, 0.3) is 0 Å². The second-order valence-electron chi connectivity index (χ2n) is 3.49. The first-order valence-electron chi connectivity index (χ1n) is 4.42. The molecule has 1 nitrogen and oxygen atoms in total. The summed E-state index contributed by atoms with van der Waals surface area (Å²) in [6.45, 7) is 1.72. The highest BCUT2D eigenvalue weighted by Crippen LogP contribution is 2.31. The summed E-state index contributed by atoms with van der Waals surface area (Å²) >= 11 is 5.77. The molecule has 1 aromatic carbocycles. The van der Waals surface area contributed by atoms with Crippen LogP contribution in [-0.2, 0) is 12.6 Å². The number of rotatable bonds is 2. The minimum Gasteiger partial charge on any atom is -0.328 e. The van der Waals surface area contributed by atoms with E-state index < -0.39 is 11.7 Å². The summed E-state index contributed by atoms with van der Waals surface area (Å²) in [7, 11) is 0. The largest absolute Gasteiger partial charge is 0.416 e. The Morgan fingerprint density at radius 2 is 2.00 bits per heavy atom. The first-order chi connectivity index (χ1) is 6.80. The van der Waals surface area contributed by atoms with Crippen LogP contribution in [0.5, 0.6) is 0 Å². The fourth-order valence-corrected chi connectivity index (χ4v) is 1.45. The average molecular weight is 238 g/mol. The highest BCUT2D eigenvalue weighted by Gasteiger charge is 2.30. The van der Waals surface area contributed by atoms with E-state index in [-0.39, 0.29) is 6.04 Å². The predicted octanol–water partition coefficient (Wildman–Crippen LogP) is 3.25. The van der Waals surface area contributed by atoms with Crippen LogP contribution in [-0.4, -0.2) is 6.04 Å². The molecular formula is C10H11ClF3N. The topological polar surface area (TPSA) is 26.0 Å². The Morgan fingerprint density at radius 1 is 1.40 bits per heavy atom. The van der Waals surface area contributed by atoms with Crippen molar-refractivity contribution in [2.75, 3.05) is 0 Å². The van der Waals surface area contributed by atoms with Gasteiger partial charge in [0.05, 0.1) is 5.56 Å². The molecule has 0 saturated heterocycles. The van der Waals surface area contributed by atoms with E-state index in [2.05, 4.69) is 0 Å². The molecule has 1 atom stereocenters. The zero-order valence-corrected chi connectivity index (χ0v) is 8.86. The molecular weight excluding hydrogens is 227 g/mol. The monoisotopic (exact) mass is 237 g/mol. The Morgan fingerprint density at radius 3 is 2.47 bits per heavy atom. The van der Waals surface area contributed by atoms with Crippen molar-refractivity contribution in [2.45, 2.75) is 25.6 Å². The van der Waals surface area contributed by atoms with E-state index in [0.717, 1.165) is 12.1 Å². The number of benzene rings is 1. The Labute approximate surface area is 91.0 Å². The molecule has 2 N–H and O–H groups in total. The van der Waals surface area contributed by atoms with Crippen molar-refractivity contribution in [3.05, 3.63) is 34.3 Å². The molecule has 0 aliphatic heterocycles. The van der Waals surface area contributed by atoms with Gasteiger partial charge in [-0.15, -0.1) is 0 Å². The summed E-state index contributed by atoms with van der Waals surface area (Å²) in [6.07, 6.45) is -4.00. The van der Waals surface area contributed by atoms with Gasteiger partial charge in [-0.1, -0.05) is 11.6 Å². The van der Waals surface area contributed by atoms with Crippen molar-refractivity contribution >= 4 is 11.6 Å².